The van der Waals surface area contributed by atoms with Crippen LogP contribution in [0.4, 0.5) is 4.39 Å². The highest BCUT2D eigenvalue weighted by molar-refractivity contribution is 5.94. The summed E-state index contributed by atoms with van der Waals surface area (Å²) in [6.45, 7) is 0.624. The largest absolute Gasteiger partial charge is 0.352 e. The van der Waals surface area contributed by atoms with Crippen molar-refractivity contribution in [2.45, 2.75) is 25.7 Å². The molecule has 0 fully saturated rings. The van der Waals surface area contributed by atoms with Crippen LogP contribution in [0.3, 0.4) is 0 Å². The Bertz CT molecular complexity index is 855. The number of hydrogen-bond acceptors (Lipinski definition) is 2. The lowest BCUT2D eigenvalue weighted by atomic mass is 10.1. The molecule has 0 unspecified atom stereocenters. The van der Waals surface area contributed by atoms with Crippen LogP contribution >= 0.6 is 0 Å². The van der Waals surface area contributed by atoms with Crippen molar-refractivity contribution in [3.05, 3.63) is 65.7 Å². The molecule has 0 saturated heterocycles. The summed E-state index contributed by atoms with van der Waals surface area (Å²) in [4.78, 5) is 16.6. The first-order valence-corrected chi connectivity index (χ1v) is 8.59. The Morgan fingerprint density at radius 2 is 1.84 bits per heavy atom. The van der Waals surface area contributed by atoms with Gasteiger partial charge < -0.3 is 9.88 Å². The number of carbonyl (C=O) groups is 1. The van der Waals surface area contributed by atoms with Crippen molar-refractivity contribution in [1.29, 1.82) is 0 Å². The number of amides is 1. The van der Waals surface area contributed by atoms with E-state index < -0.39 is 0 Å². The molecule has 0 bridgehead atoms. The molecule has 0 aliphatic rings. The molecular formula is C20H22FN3O. The average molecular weight is 339 g/mol. The fraction of sp³-hybridized carbons (Fsp3) is 0.300. The van der Waals surface area contributed by atoms with E-state index in [-0.39, 0.29) is 11.7 Å². The van der Waals surface area contributed by atoms with Crippen LogP contribution in [0.15, 0.2) is 48.5 Å². The van der Waals surface area contributed by atoms with Gasteiger partial charge in [-0.05, 0) is 49.2 Å². The maximum absolute atomic E-state index is 12.8. The smallest absolute Gasteiger partial charge is 0.251 e. The van der Waals surface area contributed by atoms with Gasteiger partial charge in [-0.2, -0.15) is 0 Å². The van der Waals surface area contributed by atoms with Gasteiger partial charge in [0.15, 0.2) is 0 Å². The third-order valence-electron chi connectivity index (χ3n) is 4.35. The van der Waals surface area contributed by atoms with Crippen molar-refractivity contribution >= 4 is 16.9 Å². The van der Waals surface area contributed by atoms with Gasteiger partial charge in [0.25, 0.3) is 5.91 Å². The van der Waals surface area contributed by atoms with Crippen LogP contribution in [-0.4, -0.2) is 22.0 Å². The summed E-state index contributed by atoms with van der Waals surface area (Å²) in [5.74, 6) is 0.602. The van der Waals surface area contributed by atoms with Gasteiger partial charge in [0.2, 0.25) is 0 Å². The molecular weight excluding hydrogens is 317 g/mol. The summed E-state index contributed by atoms with van der Waals surface area (Å²) in [7, 11) is 2.05. The van der Waals surface area contributed by atoms with Gasteiger partial charge in [-0.15, -0.1) is 0 Å². The molecule has 2 aromatic carbocycles. The number of aromatic nitrogens is 2. The lowest BCUT2D eigenvalue weighted by Gasteiger charge is -2.06. The number of unbranched alkanes of at least 4 members (excludes halogenated alkanes) is 2. The number of fused-ring (bicyclic) bond motifs is 1. The molecule has 1 amide bonds. The van der Waals surface area contributed by atoms with E-state index in [4.69, 9.17) is 0 Å². The number of benzene rings is 2. The van der Waals surface area contributed by atoms with Crippen molar-refractivity contribution in [2.24, 2.45) is 7.05 Å². The fourth-order valence-corrected chi connectivity index (χ4v) is 2.91. The molecule has 25 heavy (non-hydrogen) atoms. The summed E-state index contributed by atoms with van der Waals surface area (Å²) in [5, 5.41) is 2.87. The number of hydrogen-bond donors (Lipinski definition) is 1. The zero-order valence-corrected chi connectivity index (χ0v) is 14.3. The molecule has 5 heteroatoms. The fourth-order valence-electron chi connectivity index (χ4n) is 2.91. The number of rotatable bonds is 7. The molecule has 0 radical (unpaired) electrons. The van der Waals surface area contributed by atoms with Crippen LogP contribution in [0.25, 0.3) is 11.0 Å². The number of nitrogens with zero attached hydrogens (tertiary/aromatic N) is 2. The zero-order chi connectivity index (χ0) is 17.6. The Morgan fingerprint density at radius 1 is 1.08 bits per heavy atom. The summed E-state index contributed by atoms with van der Waals surface area (Å²) in [5.41, 5.74) is 2.68. The zero-order valence-electron chi connectivity index (χ0n) is 14.3. The molecule has 130 valence electrons. The Kier molecular flexibility index (Phi) is 5.43. The van der Waals surface area contributed by atoms with Gasteiger partial charge in [-0.3, -0.25) is 4.79 Å². The van der Waals surface area contributed by atoms with E-state index in [1.807, 2.05) is 25.2 Å². The third-order valence-corrected chi connectivity index (χ3v) is 4.35. The van der Waals surface area contributed by atoms with Crippen LogP contribution in [0.5, 0.6) is 0 Å². The standard InChI is InChI=1S/C20H22FN3O/c1-24-18-8-5-4-7-17(18)23-19(24)9-3-2-6-14-22-20(25)15-10-12-16(21)13-11-15/h4-5,7-8,10-13H,2-3,6,9,14H2,1H3,(H,22,25). The first-order valence-electron chi connectivity index (χ1n) is 8.59. The maximum atomic E-state index is 12.8. The molecule has 3 aromatic rings. The van der Waals surface area contributed by atoms with Crippen LogP contribution in [0.2, 0.25) is 0 Å². The Morgan fingerprint density at radius 3 is 2.60 bits per heavy atom. The van der Waals surface area contributed by atoms with Gasteiger partial charge in [-0.25, -0.2) is 9.37 Å². The minimum absolute atomic E-state index is 0.157. The number of nitrogens with one attached hydrogen (secondary N) is 1. The van der Waals surface area contributed by atoms with Crippen LogP contribution < -0.4 is 5.32 Å². The van der Waals surface area contributed by atoms with Gasteiger partial charge in [0.1, 0.15) is 11.6 Å². The molecule has 0 aliphatic carbocycles. The minimum Gasteiger partial charge on any atom is -0.352 e. The maximum Gasteiger partial charge on any atom is 0.251 e. The minimum atomic E-state index is -0.335. The molecule has 1 aromatic heterocycles. The predicted octanol–water partition coefficient (Wildman–Crippen LogP) is 3.86. The summed E-state index contributed by atoms with van der Waals surface area (Å²) in [6, 6.07) is 13.7. The second kappa shape index (κ2) is 7.92. The lowest BCUT2D eigenvalue weighted by molar-refractivity contribution is 0.0953. The molecule has 1 N–H and O–H groups in total. The Balaban J connectivity index is 1.39. The van der Waals surface area contributed by atoms with Crippen LogP contribution in [0, 0.1) is 5.82 Å². The van der Waals surface area contributed by atoms with E-state index in [0.29, 0.717) is 12.1 Å². The Hall–Kier alpha value is -2.69. The quantitative estimate of drug-likeness (QED) is 0.665. The molecule has 0 saturated carbocycles. The van der Waals surface area contributed by atoms with E-state index in [0.717, 1.165) is 42.5 Å². The number of imidazole rings is 1. The topological polar surface area (TPSA) is 46.9 Å². The molecule has 3 rings (SSSR count). The predicted molar refractivity (Wildman–Crippen MR) is 97.0 cm³/mol. The number of halogens is 1. The van der Waals surface area contributed by atoms with E-state index in [2.05, 4.69) is 20.9 Å². The molecule has 4 nitrogen and oxygen atoms in total. The number of carbonyl (C=O) groups excluding carboxylic acids is 1. The van der Waals surface area contributed by atoms with Crippen molar-refractivity contribution < 1.29 is 9.18 Å². The van der Waals surface area contributed by atoms with Gasteiger partial charge >= 0.3 is 0 Å². The normalized spacial score (nSPS) is 11.0. The average Bonchev–Trinajstić information content (AvgIpc) is 2.95. The van der Waals surface area contributed by atoms with E-state index in [1.165, 1.54) is 24.3 Å². The third kappa shape index (κ3) is 4.24. The summed E-state index contributed by atoms with van der Waals surface area (Å²) < 4.78 is 15.0. The monoisotopic (exact) mass is 339 g/mol. The molecule has 0 atom stereocenters. The SMILES string of the molecule is Cn1c(CCCCCNC(=O)c2ccc(F)cc2)nc2ccccc21. The Labute approximate surface area is 146 Å². The van der Waals surface area contributed by atoms with Gasteiger partial charge in [0.05, 0.1) is 11.0 Å². The first-order chi connectivity index (χ1) is 12.1. The molecule has 0 aliphatic heterocycles. The van der Waals surface area contributed by atoms with Crippen molar-refractivity contribution in [1.82, 2.24) is 14.9 Å². The molecule has 0 spiro atoms. The van der Waals surface area contributed by atoms with Crippen molar-refractivity contribution in [3.8, 4) is 0 Å². The van der Waals surface area contributed by atoms with Crippen molar-refractivity contribution in [3.63, 3.8) is 0 Å². The summed E-state index contributed by atoms with van der Waals surface area (Å²) in [6.07, 6.45) is 3.89. The lowest BCUT2D eigenvalue weighted by Crippen LogP contribution is -2.24. The van der Waals surface area contributed by atoms with E-state index in [1.54, 1.807) is 0 Å². The van der Waals surface area contributed by atoms with Gasteiger partial charge in [0, 0.05) is 25.6 Å². The van der Waals surface area contributed by atoms with Crippen LogP contribution in [-0.2, 0) is 13.5 Å². The number of aryl methyl sites for hydroxylation is 2. The molecule has 1 heterocycles. The highest BCUT2D eigenvalue weighted by Gasteiger charge is 2.07. The van der Waals surface area contributed by atoms with E-state index in [9.17, 15) is 9.18 Å². The number of para-hydroxylation sites is 2. The van der Waals surface area contributed by atoms with Crippen LogP contribution in [0.1, 0.15) is 35.4 Å². The van der Waals surface area contributed by atoms with Gasteiger partial charge in [-0.1, -0.05) is 18.6 Å². The summed E-state index contributed by atoms with van der Waals surface area (Å²) >= 11 is 0. The first kappa shape index (κ1) is 17.1. The highest BCUT2D eigenvalue weighted by atomic mass is 19.1. The second-order valence-corrected chi connectivity index (χ2v) is 6.15. The second-order valence-electron chi connectivity index (χ2n) is 6.15. The van der Waals surface area contributed by atoms with E-state index >= 15 is 0 Å². The highest BCUT2D eigenvalue weighted by Crippen LogP contribution is 2.15. The van der Waals surface area contributed by atoms with Crippen molar-refractivity contribution in [2.75, 3.05) is 6.54 Å².